The van der Waals surface area contributed by atoms with Gasteiger partial charge in [-0.15, -0.1) is 0 Å². The monoisotopic (exact) mass is 288 g/mol. The molecule has 2 N–H and O–H groups in total. The lowest BCUT2D eigenvalue weighted by Crippen LogP contribution is -2.39. The van der Waals surface area contributed by atoms with Crippen LogP contribution in [0.3, 0.4) is 0 Å². The molecule has 0 spiro atoms. The number of nitrogens with zero attached hydrogens (tertiary/aromatic N) is 1. The molecule has 2 aromatic carbocycles. The molecule has 4 nitrogen and oxygen atoms in total. The highest BCUT2D eigenvalue weighted by Gasteiger charge is 2.31. The molecule has 1 atom stereocenters. The van der Waals surface area contributed by atoms with Crippen LogP contribution in [0.1, 0.15) is 17.2 Å². The molecule has 102 valence electrons. The van der Waals surface area contributed by atoms with Crippen LogP contribution >= 0.6 is 11.6 Å². The summed E-state index contributed by atoms with van der Waals surface area (Å²) in [6.07, 6.45) is 0. The molecule has 1 heterocycles. The minimum Gasteiger partial charge on any atom is -0.506 e. The van der Waals surface area contributed by atoms with Crippen molar-refractivity contribution < 1.29 is 9.90 Å². The summed E-state index contributed by atoms with van der Waals surface area (Å²) < 4.78 is 0. The standard InChI is InChI=1S/C15H13ClN2O2/c1-18-14(9-5-3-2-4-6-9)10-7-11(16)13(19)8-12(10)17-15(18)20/h2-8,14,19H,1H3,(H,17,20). The number of benzene rings is 2. The molecular weight excluding hydrogens is 276 g/mol. The lowest BCUT2D eigenvalue weighted by Gasteiger charge is -2.35. The Morgan fingerprint density at radius 2 is 1.95 bits per heavy atom. The van der Waals surface area contributed by atoms with Crippen molar-refractivity contribution in [1.29, 1.82) is 0 Å². The molecule has 1 aliphatic rings. The van der Waals surface area contributed by atoms with E-state index < -0.39 is 0 Å². The summed E-state index contributed by atoms with van der Waals surface area (Å²) in [4.78, 5) is 13.7. The number of halogens is 1. The number of aromatic hydroxyl groups is 1. The molecule has 0 bridgehead atoms. The molecule has 0 saturated carbocycles. The van der Waals surface area contributed by atoms with E-state index in [1.807, 2.05) is 30.3 Å². The first-order valence-electron chi connectivity index (χ1n) is 6.19. The number of hydrogen-bond acceptors (Lipinski definition) is 2. The third-order valence-corrected chi connectivity index (χ3v) is 3.78. The third kappa shape index (κ3) is 1.98. The van der Waals surface area contributed by atoms with E-state index in [4.69, 9.17) is 11.6 Å². The molecule has 1 aliphatic heterocycles. The number of carbonyl (C=O) groups excluding carboxylic acids is 1. The van der Waals surface area contributed by atoms with Gasteiger partial charge in [-0.2, -0.15) is 0 Å². The van der Waals surface area contributed by atoms with Crippen molar-refractivity contribution in [2.24, 2.45) is 0 Å². The Morgan fingerprint density at radius 1 is 1.25 bits per heavy atom. The van der Waals surface area contributed by atoms with Crippen LogP contribution in [0.15, 0.2) is 42.5 Å². The molecule has 5 heteroatoms. The normalized spacial score (nSPS) is 17.6. The van der Waals surface area contributed by atoms with Crippen molar-refractivity contribution in [3.63, 3.8) is 0 Å². The average molecular weight is 289 g/mol. The van der Waals surface area contributed by atoms with Crippen molar-refractivity contribution in [2.45, 2.75) is 6.04 Å². The van der Waals surface area contributed by atoms with E-state index in [-0.39, 0.29) is 22.8 Å². The Bertz CT molecular complexity index is 673. The fraction of sp³-hybridized carbons (Fsp3) is 0.133. The lowest BCUT2D eigenvalue weighted by atomic mass is 9.94. The Balaban J connectivity index is 2.19. The van der Waals surface area contributed by atoms with Gasteiger partial charge in [0.15, 0.2) is 0 Å². The van der Waals surface area contributed by atoms with Gasteiger partial charge >= 0.3 is 6.03 Å². The maximum absolute atomic E-state index is 12.0. The summed E-state index contributed by atoms with van der Waals surface area (Å²) in [7, 11) is 1.73. The number of hydrogen-bond donors (Lipinski definition) is 2. The zero-order valence-corrected chi connectivity index (χ0v) is 11.6. The highest BCUT2D eigenvalue weighted by Crippen LogP contribution is 2.41. The van der Waals surface area contributed by atoms with Crippen molar-refractivity contribution >= 4 is 23.3 Å². The number of rotatable bonds is 1. The molecular formula is C15H13ClN2O2. The maximum Gasteiger partial charge on any atom is 0.322 e. The predicted octanol–water partition coefficient (Wildman–Crippen LogP) is 3.61. The molecule has 0 aliphatic carbocycles. The van der Waals surface area contributed by atoms with E-state index in [0.717, 1.165) is 11.1 Å². The molecule has 0 fully saturated rings. The van der Waals surface area contributed by atoms with Gasteiger partial charge in [-0.05, 0) is 11.6 Å². The summed E-state index contributed by atoms with van der Waals surface area (Å²) in [5, 5.41) is 12.7. The summed E-state index contributed by atoms with van der Waals surface area (Å²) >= 11 is 6.00. The Hall–Kier alpha value is -2.20. The topological polar surface area (TPSA) is 52.6 Å². The van der Waals surface area contributed by atoms with Crippen molar-refractivity contribution in [3.8, 4) is 5.75 Å². The highest BCUT2D eigenvalue weighted by atomic mass is 35.5. The van der Waals surface area contributed by atoms with E-state index in [9.17, 15) is 9.90 Å². The predicted molar refractivity (Wildman–Crippen MR) is 78.2 cm³/mol. The fourth-order valence-corrected chi connectivity index (χ4v) is 2.65. The summed E-state index contributed by atoms with van der Waals surface area (Å²) in [5.41, 5.74) is 2.44. The van der Waals surface area contributed by atoms with Gasteiger partial charge in [0.05, 0.1) is 16.8 Å². The van der Waals surface area contributed by atoms with E-state index in [0.29, 0.717) is 5.69 Å². The Kier molecular flexibility index (Phi) is 3.03. The number of phenolic OH excluding ortho intramolecular Hbond substituents is 1. The van der Waals surface area contributed by atoms with Gasteiger partial charge < -0.3 is 15.3 Å². The van der Waals surface area contributed by atoms with Crippen LogP contribution in [0.2, 0.25) is 5.02 Å². The van der Waals surface area contributed by atoms with Crippen LogP contribution in [-0.2, 0) is 0 Å². The molecule has 0 radical (unpaired) electrons. The largest absolute Gasteiger partial charge is 0.506 e. The van der Waals surface area contributed by atoms with E-state index in [1.54, 1.807) is 18.0 Å². The smallest absolute Gasteiger partial charge is 0.322 e. The van der Waals surface area contributed by atoms with Crippen LogP contribution in [0.25, 0.3) is 0 Å². The number of anilines is 1. The van der Waals surface area contributed by atoms with Gasteiger partial charge in [0, 0.05) is 18.7 Å². The number of amides is 2. The van der Waals surface area contributed by atoms with Crippen molar-refractivity contribution in [3.05, 3.63) is 58.6 Å². The zero-order chi connectivity index (χ0) is 14.3. The van der Waals surface area contributed by atoms with Crippen LogP contribution < -0.4 is 5.32 Å². The molecule has 3 rings (SSSR count). The highest BCUT2D eigenvalue weighted by molar-refractivity contribution is 6.32. The molecule has 0 aromatic heterocycles. The fourth-order valence-electron chi connectivity index (χ4n) is 2.48. The zero-order valence-electron chi connectivity index (χ0n) is 10.8. The number of urea groups is 1. The lowest BCUT2D eigenvalue weighted by molar-refractivity contribution is 0.209. The summed E-state index contributed by atoms with van der Waals surface area (Å²) in [6.45, 7) is 0. The minimum absolute atomic E-state index is 0.0397. The summed E-state index contributed by atoms with van der Waals surface area (Å²) in [5.74, 6) is -0.0397. The minimum atomic E-state index is -0.224. The van der Waals surface area contributed by atoms with Crippen LogP contribution in [-0.4, -0.2) is 23.1 Å². The molecule has 2 aromatic rings. The SMILES string of the molecule is CN1C(=O)Nc2cc(O)c(Cl)cc2C1c1ccccc1. The first-order valence-corrected chi connectivity index (χ1v) is 6.57. The van der Waals surface area contributed by atoms with E-state index in [2.05, 4.69) is 5.32 Å². The van der Waals surface area contributed by atoms with Crippen molar-refractivity contribution in [1.82, 2.24) is 4.90 Å². The number of fused-ring (bicyclic) bond motifs is 1. The van der Waals surface area contributed by atoms with E-state index >= 15 is 0 Å². The van der Waals surface area contributed by atoms with E-state index in [1.165, 1.54) is 6.07 Å². The molecule has 1 unspecified atom stereocenters. The van der Waals surface area contributed by atoms with Crippen LogP contribution in [0, 0.1) is 0 Å². The molecule has 2 amide bonds. The number of carbonyl (C=O) groups is 1. The second-order valence-electron chi connectivity index (χ2n) is 4.75. The van der Waals surface area contributed by atoms with Gasteiger partial charge in [-0.1, -0.05) is 41.9 Å². The van der Waals surface area contributed by atoms with Gasteiger partial charge in [0.2, 0.25) is 0 Å². The number of phenols is 1. The maximum atomic E-state index is 12.0. The van der Waals surface area contributed by atoms with Gasteiger partial charge in [-0.25, -0.2) is 4.79 Å². The second-order valence-corrected chi connectivity index (χ2v) is 5.15. The first kappa shape index (κ1) is 12.8. The molecule has 20 heavy (non-hydrogen) atoms. The summed E-state index contributed by atoms with van der Waals surface area (Å²) in [6, 6.07) is 12.4. The first-order chi connectivity index (χ1) is 9.58. The Labute approximate surface area is 121 Å². The third-order valence-electron chi connectivity index (χ3n) is 3.48. The average Bonchev–Trinajstić information content (AvgIpc) is 2.44. The second kappa shape index (κ2) is 4.72. The quantitative estimate of drug-likeness (QED) is 0.842. The molecule has 0 saturated heterocycles. The van der Waals surface area contributed by atoms with Gasteiger partial charge in [0.25, 0.3) is 0 Å². The van der Waals surface area contributed by atoms with Crippen LogP contribution in [0.5, 0.6) is 5.75 Å². The van der Waals surface area contributed by atoms with Gasteiger partial charge in [-0.3, -0.25) is 0 Å². The Morgan fingerprint density at radius 3 is 2.65 bits per heavy atom. The number of nitrogens with one attached hydrogen (secondary N) is 1. The van der Waals surface area contributed by atoms with Crippen molar-refractivity contribution in [2.75, 3.05) is 12.4 Å². The van der Waals surface area contributed by atoms with Crippen LogP contribution in [0.4, 0.5) is 10.5 Å². The van der Waals surface area contributed by atoms with Gasteiger partial charge in [0.1, 0.15) is 5.75 Å².